The van der Waals surface area contributed by atoms with Crippen molar-refractivity contribution in [3.8, 4) is 11.1 Å². The quantitative estimate of drug-likeness (QED) is 0.0655. The van der Waals surface area contributed by atoms with E-state index in [1.807, 2.05) is 69.3 Å². The van der Waals surface area contributed by atoms with Gasteiger partial charge in [-0.3, -0.25) is 29.0 Å². The van der Waals surface area contributed by atoms with E-state index in [1.165, 1.54) is 10.5 Å². The molecule has 0 spiro atoms. The summed E-state index contributed by atoms with van der Waals surface area (Å²) in [6.45, 7) is 14.0. The molecule has 14 heteroatoms. The summed E-state index contributed by atoms with van der Waals surface area (Å²) in [6, 6.07) is 25.8. The Morgan fingerprint density at radius 2 is 1.58 bits per heavy atom. The lowest BCUT2D eigenvalue weighted by molar-refractivity contribution is -0.158. The molecule has 5 heterocycles. The van der Waals surface area contributed by atoms with Gasteiger partial charge in [-0.05, 0) is 131 Å². The van der Waals surface area contributed by atoms with Crippen molar-refractivity contribution in [2.45, 2.75) is 116 Å². The molecular weight excluding hydrogens is 849 g/mol. The maximum absolute atomic E-state index is 13.8. The van der Waals surface area contributed by atoms with Crippen LogP contribution < -0.4 is 5.32 Å². The molecule has 3 aliphatic rings. The van der Waals surface area contributed by atoms with Gasteiger partial charge in [0.05, 0.1) is 11.6 Å². The van der Waals surface area contributed by atoms with Crippen LogP contribution in [0.1, 0.15) is 102 Å². The van der Waals surface area contributed by atoms with Gasteiger partial charge in [0.2, 0.25) is 5.91 Å². The average molecular weight is 911 g/mol. The Kier molecular flexibility index (Phi) is 13.5. The molecule has 2 aromatic heterocycles. The van der Waals surface area contributed by atoms with Gasteiger partial charge in [-0.25, -0.2) is 14.3 Å². The van der Waals surface area contributed by atoms with E-state index in [2.05, 4.69) is 66.2 Å². The molecule has 13 nitrogen and oxygen atoms in total. The van der Waals surface area contributed by atoms with Crippen LogP contribution in [0.5, 0.6) is 0 Å². The largest absolute Gasteiger partial charge is 0.443 e. The topological polar surface area (TPSA) is 143 Å². The molecule has 66 heavy (non-hydrogen) atoms. The Morgan fingerprint density at radius 1 is 0.879 bits per heavy atom. The Morgan fingerprint density at radius 3 is 2.24 bits per heavy atom. The van der Waals surface area contributed by atoms with Gasteiger partial charge in [0.15, 0.2) is 0 Å². The van der Waals surface area contributed by atoms with Crippen LogP contribution in [0.15, 0.2) is 85.1 Å². The molecule has 1 N–H and O–H groups in total. The predicted octanol–water partition coefficient (Wildman–Crippen LogP) is 9.47. The summed E-state index contributed by atoms with van der Waals surface area (Å²) in [6.07, 6.45) is 6.31. The molecule has 1 unspecified atom stereocenters. The number of pyridine rings is 1. The van der Waals surface area contributed by atoms with Crippen molar-refractivity contribution in [1.29, 1.82) is 0 Å². The second-order valence-corrected chi connectivity index (χ2v) is 25.8. The van der Waals surface area contributed by atoms with Crippen molar-refractivity contribution < 1.29 is 33.4 Å². The first-order chi connectivity index (χ1) is 31.4. The Labute approximate surface area is 388 Å². The number of imide groups is 1. The molecule has 0 saturated carbocycles. The number of rotatable bonds is 14. The predicted molar refractivity (Wildman–Crippen MR) is 258 cm³/mol. The molecule has 0 radical (unpaired) electrons. The number of hydrogen-bond acceptors (Lipinski definition) is 9. The van der Waals surface area contributed by atoms with Crippen LogP contribution in [-0.2, 0) is 38.4 Å². The van der Waals surface area contributed by atoms with Gasteiger partial charge in [-0.2, -0.15) is 0 Å². The second-order valence-electron chi connectivity index (χ2n) is 20.2. The molecule has 2 saturated heterocycles. The van der Waals surface area contributed by atoms with Crippen molar-refractivity contribution in [2.24, 2.45) is 0 Å². The highest BCUT2D eigenvalue weighted by atomic mass is 28.3. The summed E-state index contributed by atoms with van der Waals surface area (Å²) >= 11 is 0. The second kappa shape index (κ2) is 19.1. The third kappa shape index (κ3) is 10.4. The molecule has 3 aliphatic heterocycles. The lowest BCUT2D eigenvalue weighted by atomic mass is 9.95. The van der Waals surface area contributed by atoms with Gasteiger partial charge in [-0.1, -0.05) is 68.2 Å². The smallest absolute Gasteiger partial charge is 0.419 e. The van der Waals surface area contributed by atoms with E-state index in [1.54, 1.807) is 21.7 Å². The SMILES string of the molecule is CN1CCC[C@@H]1c1cc2cnc(NC(=O)c3ccc(CCCc4ccc(-c5cccc6c5CN(C5CCC(=O)N(COCC[Si](C)(C)C)C5=O)C6=O)cc4)cc3)cc2n1C(=O)OC(C)(C)C. The molecule has 346 valence electrons. The van der Waals surface area contributed by atoms with E-state index in [0.29, 0.717) is 42.0 Å². The lowest BCUT2D eigenvalue weighted by Crippen LogP contribution is -2.55. The molecule has 8 rings (SSSR count). The Bertz CT molecular complexity index is 2650. The molecule has 5 aromatic rings. The number of nitrogens with zero attached hydrogens (tertiary/aromatic N) is 5. The zero-order valence-electron chi connectivity index (χ0n) is 39.3. The van der Waals surface area contributed by atoms with E-state index < -0.39 is 25.8 Å². The molecular formula is C52H62N6O7Si. The van der Waals surface area contributed by atoms with Crippen LogP contribution in [-0.4, -0.2) is 101 Å². The standard InChI is InChI=1S/C52H62N6O7Si/c1-52(2,3)65-51(63)58-44-30-46(53-31-38(44)29-45(58)42-15-10-26-55(42)4)54-48(60)37-22-18-35(19-23-37)12-8-11-34-16-20-36(21-17-34)39-13-9-14-40-41(39)32-56(49(40)61)43-24-25-47(59)57(50(43)62)33-64-27-28-66(5,6)7/h9,13-14,16-23,29-31,42-43H,8,10-12,15,24-28,32-33H2,1-7H3,(H,53,54,60)/t42-,43?/m1/s1. The van der Waals surface area contributed by atoms with Crippen molar-refractivity contribution in [3.05, 3.63) is 119 Å². The summed E-state index contributed by atoms with van der Waals surface area (Å²) in [5.41, 5.74) is 7.07. The van der Waals surface area contributed by atoms with Crippen LogP contribution in [0.3, 0.4) is 0 Å². The van der Waals surface area contributed by atoms with Crippen LogP contribution >= 0.6 is 0 Å². The number of nitrogens with one attached hydrogen (secondary N) is 1. The van der Waals surface area contributed by atoms with Crippen molar-refractivity contribution in [2.75, 3.05) is 32.2 Å². The van der Waals surface area contributed by atoms with Gasteiger partial charge in [-0.15, -0.1) is 0 Å². The van der Waals surface area contributed by atoms with Crippen molar-refractivity contribution >= 4 is 54.5 Å². The maximum Gasteiger partial charge on any atom is 0.419 e. The summed E-state index contributed by atoms with van der Waals surface area (Å²) in [5.74, 6) is -0.759. The first-order valence-electron chi connectivity index (χ1n) is 23.2. The number of piperidine rings is 1. The number of aryl methyl sites for hydroxylation is 2. The number of amides is 4. The number of hydrogen-bond donors (Lipinski definition) is 1. The van der Waals surface area contributed by atoms with Crippen molar-refractivity contribution in [1.82, 2.24) is 24.3 Å². The third-order valence-corrected chi connectivity index (χ3v) is 14.6. The fraction of sp³-hybridized carbons (Fsp3) is 0.423. The number of ether oxygens (including phenoxy) is 2. The number of anilines is 1. The van der Waals surface area contributed by atoms with Gasteiger partial charge < -0.3 is 19.7 Å². The van der Waals surface area contributed by atoms with E-state index in [9.17, 15) is 24.0 Å². The van der Waals surface area contributed by atoms with Gasteiger partial charge in [0.1, 0.15) is 24.2 Å². The summed E-state index contributed by atoms with van der Waals surface area (Å²) in [5, 5.41) is 3.73. The summed E-state index contributed by atoms with van der Waals surface area (Å²) < 4.78 is 13.2. The normalized spacial score (nSPS) is 18.1. The number of aromatic nitrogens is 2. The van der Waals surface area contributed by atoms with Crippen LogP contribution in [0.2, 0.25) is 25.7 Å². The highest BCUT2D eigenvalue weighted by Gasteiger charge is 2.43. The van der Waals surface area contributed by atoms with Crippen LogP contribution in [0, 0.1) is 0 Å². The monoisotopic (exact) mass is 910 g/mol. The number of carbonyl (C=O) groups excluding carboxylic acids is 5. The van der Waals surface area contributed by atoms with E-state index in [-0.39, 0.29) is 42.8 Å². The Hall–Kier alpha value is -5.96. The summed E-state index contributed by atoms with van der Waals surface area (Å²) in [7, 11) is 0.737. The Balaban J connectivity index is 0.860. The number of fused-ring (bicyclic) bond motifs is 2. The minimum atomic E-state index is -1.33. The average Bonchev–Trinajstić information content (AvgIpc) is 3.97. The molecule has 2 atom stereocenters. The zero-order chi connectivity index (χ0) is 46.9. The summed E-state index contributed by atoms with van der Waals surface area (Å²) in [4.78, 5) is 76.7. The number of likely N-dealkylation sites (tertiary alicyclic amines) is 2. The first-order valence-corrected chi connectivity index (χ1v) is 26.9. The third-order valence-electron chi connectivity index (χ3n) is 12.9. The molecule has 4 amide bonds. The highest BCUT2D eigenvalue weighted by Crippen LogP contribution is 2.37. The first kappa shape index (κ1) is 46.6. The van der Waals surface area contributed by atoms with E-state index >= 15 is 0 Å². The molecule has 3 aromatic carbocycles. The van der Waals surface area contributed by atoms with E-state index in [0.717, 1.165) is 78.0 Å². The maximum atomic E-state index is 13.8. The van der Waals surface area contributed by atoms with Crippen molar-refractivity contribution in [3.63, 3.8) is 0 Å². The van der Waals surface area contributed by atoms with Crippen LogP contribution in [0.4, 0.5) is 10.6 Å². The molecule has 0 bridgehead atoms. The highest BCUT2D eigenvalue weighted by molar-refractivity contribution is 6.76. The lowest BCUT2D eigenvalue weighted by Gasteiger charge is -2.35. The minimum Gasteiger partial charge on any atom is -0.443 e. The van der Waals surface area contributed by atoms with Gasteiger partial charge in [0.25, 0.3) is 17.7 Å². The molecule has 0 aliphatic carbocycles. The fourth-order valence-electron chi connectivity index (χ4n) is 9.25. The minimum absolute atomic E-state index is 0.0746. The fourth-order valence-corrected chi connectivity index (χ4v) is 10.0. The molecule has 2 fully saturated rings. The van der Waals surface area contributed by atoms with E-state index in [4.69, 9.17) is 9.47 Å². The van der Waals surface area contributed by atoms with Gasteiger partial charge >= 0.3 is 6.09 Å². The van der Waals surface area contributed by atoms with Gasteiger partial charge in [0, 0.05) is 62.1 Å². The zero-order valence-corrected chi connectivity index (χ0v) is 40.3. The number of carbonyl (C=O) groups is 5. The number of benzene rings is 3. The van der Waals surface area contributed by atoms with Crippen LogP contribution in [0.25, 0.3) is 22.0 Å².